The third-order valence-corrected chi connectivity index (χ3v) is 3.89. The summed E-state index contributed by atoms with van der Waals surface area (Å²) in [6.07, 6.45) is 3.68. The number of ether oxygens (including phenoxy) is 1. The van der Waals surface area contributed by atoms with E-state index in [0.717, 1.165) is 18.7 Å². The second-order valence-electron chi connectivity index (χ2n) is 5.13. The molecule has 2 aromatic rings. The van der Waals surface area contributed by atoms with Crippen LogP contribution in [0.5, 0.6) is 0 Å². The third kappa shape index (κ3) is 1.97. The molecule has 0 aliphatic heterocycles. The molecular weight excluding hydrogens is 252 g/mol. The highest BCUT2D eigenvalue weighted by Crippen LogP contribution is 2.51. The first kappa shape index (κ1) is 12.8. The molecule has 4 nitrogen and oxygen atoms in total. The molecule has 0 spiro atoms. The molecule has 1 aromatic carbocycles. The number of aryl methyl sites for hydroxylation is 1. The minimum absolute atomic E-state index is 0.0688. The van der Waals surface area contributed by atoms with Crippen molar-refractivity contribution in [2.45, 2.75) is 25.2 Å². The number of esters is 1. The molecule has 0 radical (unpaired) electrons. The summed E-state index contributed by atoms with van der Waals surface area (Å²) in [6, 6.07) is 10.3. The smallest absolute Gasteiger partial charge is 0.341 e. The zero-order chi connectivity index (χ0) is 14.2. The Hall–Kier alpha value is -2.23. The van der Waals surface area contributed by atoms with E-state index in [1.54, 1.807) is 6.20 Å². The van der Waals surface area contributed by atoms with E-state index >= 15 is 0 Å². The molecule has 1 fully saturated rings. The van der Waals surface area contributed by atoms with Crippen LogP contribution in [-0.2, 0) is 10.2 Å². The fourth-order valence-corrected chi connectivity index (χ4v) is 2.53. The lowest BCUT2D eigenvalue weighted by Gasteiger charge is -2.15. The van der Waals surface area contributed by atoms with Crippen molar-refractivity contribution >= 4 is 5.97 Å². The predicted octanol–water partition coefficient (Wildman–Crippen LogP) is 2.65. The largest absolute Gasteiger partial charge is 0.465 e. The Morgan fingerprint density at radius 3 is 2.50 bits per heavy atom. The Morgan fingerprint density at radius 1 is 1.25 bits per heavy atom. The van der Waals surface area contributed by atoms with Crippen molar-refractivity contribution in [1.82, 2.24) is 9.97 Å². The lowest BCUT2D eigenvalue weighted by atomic mass is 9.95. The molecule has 1 heterocycles. The van der Waals surface area contributed by atoms with Crippen LogP contribution in [0, 0.1) is 6.92 Å². The number of benzene rings is 1. The summed E-state index contributed by atoms with van der Waals surface area (Å²) >= 11 is 0. The van der Waals surface area contributed by atoms with E-state index in [0.29, 0.717) is 11.3 Å². The maximum Gasteiger partial charge on any atom is 0.341 e. The quantitative estimate of drug-likeness (QED) is 0.803. The van der Waals surface area contributed by atoms with Crippen molar-refractivity contribution in [2.75, 3.05) is 7.11 Å². The van der Waals surface area contributed by atoms with E-state index in [-0.39, 0.29) is 5.41 Å². The molecule has 0 amide bonds. The second-order valence-corrected chi connectivity index (χ2v) is 5.13. The Morgan fingerprint density at radius 2 is 1.95 bits per heavy atom. The normalized spacial score (nSPS) is 15.7. The van der Waals surface area contributed by atoms with Crippen LogP contribution in [0.2, 0.25) is 0 Å². The van der Waals surface area contributed by atoms with Gasteiger partial charge in [0, 0.05) is 6.20 Å². The van der Waals surface area contributed by atoms with Gasteiger partial charge in [-0.15, -0.1) is 0 Å². The molecule has 1 aliphatic rings. The van der Waals surface area contributed by atoms with Gasteiger partial charge in [-0.3, -0.25) is 0 Å². The van der Waals surface area contributed by atoms with Crippen LogP contribution in [-0.4, -0.2) is 23.0 Å². The summed E-state index contributed by atoms with van der Waals surface area (Å²) in [5.74, 6) is 0.410. The Balaban J connectivity index is 2.00. The summed E-state index contributed by atoms with van der Waals surface area (Å²) in [7, 11) is 1.36. The Labute approximate surface area is 117 Å². The minimum atomic E-state index is -0.390. The van der Waals surface area contributed by atoms with Crippen molar-refractivity contribution in [3.63, 3.8) is 0 Å². The van der Waals surface area contributed by atoms with Gasteiger partial charge in [-0.25, -0.2) is 14.8 Å². The van der Waals surface area contributed by atoms with E-state index in [9.17, 15) is 4.79 Å². The van der Waals surface area contributed by atoms with Crippen LogP contribution in [0.15, 0.2) is 36.5 Å². The molecule has 0 atom stereocenters. The molecule has 4 heteroatoms. The van der Waals surface area contributed by atoms with Crippen LogP contribution in [0.4, 0.5) is 0 Å². The van der Waals surface area contributed by atoms with E-state index in [1.807, 2.05) is 25.1 Å². The molecule has 1 aromatic heterocycles. The van der Waals surface area contributed by atoms with E-state index in [4.69, 9.17) is 4.74 Å². The van der Waals surface area contributed by atoms with Gasteiger partial charge < -0.3 is 4.74 Å². The molecular formula is C16H16N2O2. The fraction of sp³-hybridized carbons (Fsp3) is 0.312. The predicted molar refractivity (Wildman–Crippen MR) is 74.6 cm³/mol. The standard InChI is InChI=1S/C16H16N2O2/c1-11-13(14(19)20-2)10-17-15(18-11)16(8-9-16)12-6-4-3-5-7-12/h3-7,10H,8-9H2,1-2H3. The average Bonchev–Trinajstić information content (AvgIpc) is 3.29. The number of carbonyl (C=O) groups is 1. The second kappa shape index (κ2) is 4.71. The maximum atomic E-state index is 11.6. The van der Waals surface area contributed by atoms with Gasteiger partial charge in [0.05, 0.1) is 23.8 Å². The van der Waals surface area contributed by atoms with Gasteiger partial charge in [0.15, 0.2) is 0 Å². The summed E-state index contributed by atoms with van der Waals surface area (Å²) in [6.45, 7) is 1.82. The number of methoxy groups -OCH3 is 1. The van der Waals surface area contributed by atoms with Gasteiger partial charge >= 0.3 is 5.97 Å². The van der Waals surface area contributed by atoms with Crippen LogP contribution < -0.4 is 0 Å². The molecule has 102 valence electrons. The number of nitrogens with zero attached hydrogens (tertiary/aromatic N) is 2. The number of rotatable bonds is 3. The van der Waals surface area contributed by atoms with Crippen molar-refractivity contribution in [3.8, 4) is 0 Å². The highest BCUT2D eigenvalue weighted by atomic mass is 16.5. The van der Waals surface area contributed by atoms with Gasteiger partial charge in [-0.1, -0.05) is 30.3 Å². The summed E-state index contributed by atoms with van der Waals surface area (Å²) in [5, 5.41) is 0. The van der Waals surface area contributed by atoms with Gasteiger partial charge in [0.25, 0.3) is 0 Å². The van der Waals surface area contributed by atoms with Crippen molar-refractivity contribution in [1.29, 1.82) is 0 Å². The molecule has 1 saturated carbocycles. The molecule has 0 unspecified atom stereocenters. The van der Waals surface area contributed by atoms with Gasteiger partial charge in [0.1, 0.15) is 5.82 Å². The summed E-state index contributed by atoms with van der Waals surface area (Å²) < 4.78 is 4.72. The molecule has 20 heavy (non-hydrogen) atoms. The van der Waals surface area contributed by atoms with Crippen LogP contribution in [0.25, 0.3) is 0 Å². The molecule has 0 N–H and O–H groups in total. The number of hydrogen-bond acceptors (Lipinski definition) is 4. The molecule has 3 rings (SSSR count). The van der Waals surface area contributed by atoms with Crippen LogP contribution in [0.3, 0.4) is 0 Å². The Bertz CT molecular complexity index is 649. The topological polar surface area (TPSA) is 52.1 Å². The fourth-order valence-electron chi connectivity index (χ4n) is 2.53. The zero-order valence-electron chi connectivity index (χ0n) is 11.6. The summed E-state index contributed by atoms with van der Waals surface area (Å²) in [4.78, 5) is 20.5. The van der Waals surface area contributed by atoms with E-state index in [1.165, 1.54) is 12.7 Å². The van der Waals surface area contributed by atoms with Crippen molar-refractivity contribution < 1.29 is 9.53 Å². The Kier molecular flexibility index (Phi) is 3.01. The van der Waals surface area contributed by atoms with Crippen LogP contribution >= 0.6 is 0 Å². The first-order chi connectivity index (χ1) is 9.67. The maximum absolute atomic E-state index is 11.6. The van der Waals surface area contributed by atoms with E-state index < -0.39 is 5.97 Å². The van der Waals surface area contributed by atoms with E-state index in [2.05, 4.69) is 22.1 Å². The highest BCUT2D eigenvalue weighted by molar-refractivity contribution is 5.90. The lowest BCUT2D eigenvalue weighted by molar-refractivity contribution is 0.0598. The first-order valence-electron chi connectivity index (χ1n) is 6.65. The number of carbonyl (C=O) groups excluding carboxylic acids is 1. The van der Waals surface area contributed by atoms with Crippen molar-refractivity contribution in [2.24, 2.45) is 0 Å². The van der Waals surface area contributed by atoms with Gasteiger partial charge in [0.2, 0.25) is 0 Å². The number of hydrogen-bond donors (Lipinski definition) is 0. The minimum Gasteiger partial charge on any atom is -0.465 e. The monoisotopic (exact) mass is 268 g/mol. The first-order valence-corrected chi connectivity index (χ1v) is 6.65. The molecule has 1 aliphatic carbocycles. The van der Waals surface area contributed by atoms with Crippen molar-refractivity contribution in [3.05, 3.63) is 59.2 Å². The van der Waals surface area contributed by atoms with Gasteiger partial charge in [-0.2, -0.15) is 0 Å². The summed E-state index contributed by atoms with van der Waals surface area (Å²) in [5.41, 5.74) is 2.27. The SMILES string of the molecule is COC(=O)c1cnc(C2(c3ccccc3)CC2)nc1C. The van der Waals surface area contributed by atoms with Gasteiger partial charge in [-0.05, 0) is 25.3 Å². The number of aromatic nitrogens is 2. The molecule has 0 bridgehead atoms. The average molecular weight is 268 g/mol. The highest BCUT2D eigenvalue weighted by Gasteiger charge is 2.48. The molecule has 0 saturated heterocycles. The zero-order valence-corrected chi connectivity index (χ0v) is 11.6. The van der Waals surface area contributed by atoms with Crippen LogP contribution in [0.1, 0.15) is 40.3 Å². The third-order valence-electron chi connectivity index (χ3n) is 3.89. The lowest BCUT2D eigenvalue weighted by Crippen LogP contribution is -2.16.